The second kappa shape index (κ2) is 11.5. The van der Waals surface area contributed by atoms with E-state index in [-0.39, 0.29) is 0 Å². The summed E-state index contributed by atoms with van der Waals surface area (Å²) in [6, 6.07) is 28.5. The quantitative estimate of drug-likeness (QED) is 0.128. The maximum atomic E-state index is 12.7. The second-order valence-corrected chi connectivity index (χ2v) is 10.8. The van der Waals surface area contributed by atoms with E-state index in [1.54, 1.807) is 23.5 Å². The van der Waals surface area contributed by atoms with E-state index >= 15 is 0 Å². The molecular weight excluding hydrogens is 545 g/mol. The molecule has 0 radical (unpaired) electrons. The summed E-state index contributed by atoms with van der Waals surface area (Å²) in [5, 5.41) is 16.4. The van der Waals surface area contributed by atoms with E-state index in [1.165, 1.54) is 30.0 Å². The third-order valence-electron chi connectivity index (χ3n) is 6.88. The van der Waals surface area contributed by atoms with Gasteiger partial charge in [-0.2, -0.15) is 23.4 Å². The molecule has 1 aliphatic heterocycles. The Balaban J connectivity index is 1.11. The van der Waals surface area contributed by atoms with Crippen LogP contribution in [-0.4, -0.2) is 13.1 Å². The van der Waals surface area contributed by atoms with E-state index in [0.29, 0.717) is 11.4 Å². The number of rotatable bonds is 8. The summed E-state index contributed by atoms with van der Waals surface area (Å²) in [7, 11) is 0. The van der Waals surface area contributed by atoms with Crippen molar-refractivity contribution < 1.29 is 13.2 Å². The number of nitrogens with zero attached hydrogens (tertiary/aromatic N) is 3. The standard InChI is InChI=1S/C31H27F3N6S/c32-31(33,34)21-7-9-22(10-8-21)36-37-23-11-13-24(14-12-23)38-39-28-16-15-27(25-5-1-2-6-26(25)28)35-29-17-18-30(41-29)40-19-3-4-20-40/h1-2,5-18,35,38-39H,3-4,19-20H2. The monoisotopic (exact) mass is 572 g/mol. The number of hydrazine groups is 1. The molecule has 3 N–H and O–H groups in total. The van der Waals surface area contributed by atoms with Crippen LogP contribution >= 0.6 is 11.3 Å². The number of benzene rings is 4. The Morgan fingerprint density at radius 1 is 0.659 bits per heavy atom. The molecular formula is C31H27F3N6S. The molecule has 0 amide bonds. The molecule has 6 nitrogen and oxygen atoms in total. The molecule has 0 aliphatic carbocycles. The number of azo groups is 1. The van der Waals surface area contributed by atoms with Crippen LogP contribution in [-0.2, 0) is 6.18 Å². The Hall–Kier alpha value is -4.57. The first-order valence-electron chi connectivity index (χ1n) is 13.3. The minimum Gasteiger partial charge on any atom is -0.363 e. The van der Waals surface area contributed by atoms with E-state index in [4.69, 9.17) is 0 Å². The third kappa shape index (κ3) is 6.28. The van der Waals surface area contributed by atoms with Crippen molar-refractivity contribution in [2.75, 3.05) is 34.2 Å². The summed E-state index contributed by atoms with van der Waals surface area (Å²) >= 11 is 1.78. The lowest BCUT2D eigenvalue weighted by Crippen LogP contribution is -2.15. The molecule has 1 aromatic heterocycles. The highest BCUT2D eigenvalue weighted by Crippen LogP contribution is 2.37. The Morgan fingerprint density at radius 3 is 1.93 bits per heavy atom. The molecule has 5 aromatic rings. The van der Waals surface area contributed by atoms with E-state index < -0.39 is 11.7 Å². The fourth-order valence-corrected chi connectivity index (χ4v) is 5.71. The van der Waals surface area contributed by atoms with E-state index in [0.717, 1.165) is 58.1 Å². The molecule has 10 heteroatoms. The van der Waals surface area contributed by atoms with Crippen LogP contribution in [0.25, 0.3) is 10.8 Å². The Labute approximate surface area is 239 Å². The van der Waals surface area contributed by atoms with Crippen molar-refractivity contribution in [1.29, 1.82) is 0 Å². The molecule has 0 bridgehead atoms. The largest absolute Gasteiger partial charge is 0.416 e. The minimum absolute atomic E-state index is 0.345. The van der Waals surface area contributed by atoms with Crippen molar-refractivity contribution in [3.8, 4) is 0 Å². The van der Waals surface area contributed by atoms with Gasteiger partial charge in [-0.05, 0) is 85.6 Å². The van der Waals surface area contributed by atoms with Crippen molar-refractivity contribution in [3.63, 3.8) is 0 Å². The number of hydrogen-bond donors (Lipinski definition) is 3. The average molecular weight is 573 g/mol. The Morgan fingerprint density at radius 2 is 1.27 bits per heavy atom. The molecule has 1 aliphatic rings. The molecule has 208 valence electrons. The number of thiophene rings is 1. The van der Waals surface area contributed by atoms with Gasteiger partial charge in [0.15, 0.2) is 0 Å². The van der Waals surface area contributed by atoms with Gasteiger partial charge in [0.2, 0.25) is 0 Å². The molecule has 6 rings (SSSR count). The van der Waals surface area contributed by atoms with Gasteiger partial charge in [0.1, 0.15) is 0 Å². The molecule has 1 saturated heterocycles. The predicted octanol–water partition coefficient (Wildman–Crippen LogP) is 10.1. The van der Waals surface area contributed by atoms with Gasteiger partial charge in [-0.3, -0.25) is 0 Å². The van der Waals surface area contributed by atoms with Crippen molar-refractivity contribution in [3.05, 3.63) is 103 Å². The molecule has 0 saturated carbocycles. The fourth-order valence-electron chi connectivity index (χ4n) is 4.74. The van der Waals surface area contributed by atoms with Crippen LogP contribution in [0.5, 0.6) is 0 Å². The van der Waals surface area contributed by atoms with Gasteiger partial charge >= 0.3 is 6.18 Å². The van der Waals surface area contributed by atoms with Crippen LogP contribution in [0.1, 0.15) is 18.4 Å². The first-order valence-corrected chi connectivity index (χ1v) is 14.1. The zero-order valence-electron chi connectivity index (χ0n) is 21.9. The van der Waals surface area contributed by atoms with Crippen molar-refractivity contribution in [2.24, 2.45) is 10.2 Å². The lowest BCUT2D eigenvalue weighted by atomic mass is 10.1. The normalized spacial score (nSPS) is 13.7. The van der Waals surface area contributed by atoms with Crippen LogP contribution in [0, 0.1) is 0 Å². The summed E-state index contributed by atoms with van der Waals surface area (Å²) in [5.41, 5.74) is 9.53. The van der Waals surface area contributed by atoms with Gasteiger partial charge in [0.05, 0.1) is 38.3 Å². The Kier molecular flexibility index (Phi) is 7.47. The zero-order valence-corrected chi connectivity index (χ0v) is 22.8. The molecule has 0 spiro atoms. The third-order valence-corrected chi connectivity index (χ3v) is 7.94. The Bertz CT molecular complexity index is 1660. The first-order chi connectivity index (χ1) is 19.9. The molecule has 41 heavy (non-hydrogen) atoms. The van der Waals surface area contributed by atoms with Gasteiger partial charge in [0.25, 0.3) is 0 Å². The average Bonchev–Trinajstić information content (AvgIpc) is 3.69. The van der Waals surface area contributed by atoms with Crippen molar-refractivity contribution in [2.45, 2.75) is 19.0 Å². The lowest BCUT2D eigenvalue weighted by Gasteiger charge is -2.16. The highest BCUT2D eigenvalue weighted by molar-refractivity contribution is 7.20. The summed E-state index contributed by atoms with van der Waals surface area (Å²) in [6.45, 7) is 2.26. The predicted molar refractivity (Wildman–Crippen MR) is 162 cm³/mol. The molecule has 1 fully saturated rings. The lowest BCUT2D eigenvalue weighted by molar-refractivity contribution is -0.137. The van der Waals surface area contributed by atoms with Gasteiger partial charge < -0.3 is 21.1 Å². The molecule has 0 unspecified atom stereocenters. The number of hydrogen-bond acceptors (Lipinski definition) is 7. The number of alkyl halides is 3. The molecule has 0 atom stereocenters. The highest BCUT2D eigenvalue weighted by Gasteiger charge is 2.29. The van der Waals surface area contributed by atoms with Crippen LogP contribution < -0.4 is 21.1 Å². The number of anilines is 5. The topological polar surface area (TPSA) is 64.0 Å². The van der Waals surface area contributed by atoms with Crippen LogP contribution in [0.2, 0.25) is 0 Å². The van der Waals surface area contributed by atoms with E-state index in [1.807, 2.05) is 30.3 Å². The number of fused-ring (bicyclic) bond motifs is 1. The summed E-state index contributed by atoms with van der Waals surface area (Å²) < 4.78 is 38.2. The minimum atomic E-state index is -4.38. The van der Waals surface area contributed by atoms with Crippen molar-refractivity contribution in [1.82, 2.24) is 0 Å². The SMILES string of the molecule is FC(F)(F)c1ccc(N=Nc2ccc(NNc3ccc(Nc4ccc(N5CCCC5)s4)c4ccccc34)cc2)cc1. The second-order valence-electron chi connectivity index (χ2n) is 9.70. The van der Waals surface area contributed by atoms with Crippen LogP contribution in [0.15, 0.2) is 107 Å². The van der Waals surface area contributed by atoms with Gasteiger partial charge in [-0.25, -0.2) is 0 Å². The van der Waals surface area contributed by atoms with Gasteiger partial charge in [-0.15, -0.1) is 11.3 Å². The van der Waals surface area contributed by atoms with Crippen LogP contribution in [0.3, 0.4) is 0 Å². The van der Waals surface area contributed by atoms with E-state index in [2.05, 4.69) is 61.6 Å². The maximum Gasteiger partial charge on any atom is 0.416 e. The zero-order chi connectivity index (χ0) is 28.2. The molecule has 2 heterocycles. The highest BCUT2D eigenvalue weighted by atomic mass is 32.1. The fraction of sp³-hybridized carbons (Fsp3) is 0.161. The van der Waals surface area contributed by atoms with E-state index in [9.17, 15) is 13.2 Å². The smallest absolute Gasteiger partial charge is 0.363 e. The van der Waals surface area contributed by atoms with Gasteiger partial charge in [-0.1, -0.05) is 24.3 Å². The summed E-state index contributed by atoms with van der Waals surface area (Å²) in [4.78, 5) is 2.45. The van der Waals surface area contributed by atoms with Crippen LogP contribution in [0.4, 0.5) is 51.6 Å². The van der Waals surface area contributed by atoms with Crippen molar-refractivity contribution >= 4 is 60.5 Å². The maximum absolute atomic E-state index is 12.7. The summed E-state index contributed by atoms with van der Waals surface area (Å²) in [5.74, 6) is 0. The first kappa shape index (κ1) is 26.6. The molecule has 4 aromatic carbocycles. The number of halogens is 3. The van der Waals surface area contributed by atoms with Gasteiger partial charge in [0, 0.05) is 29.5 Å². The number of nitrogens with one attached hydrogen (secondary N) is 3. The summed E-state index contributed by atoms with van der Waals surface area (Å²) in [6.07, 6.45) is -1.86.